The minimum atomic E-state index is -0.682. The van der Waals surface area contributed by atoms with Crippen LogP contribution in [-0.4, -0.2) is 68.1 Å². The SMILES string of the molecule is C.CCOC(=O)CCCOc1ccc(N)cc1.CCOC(=O)CCCOc1ccc(Nc2nc(Cl)ncc2[N+](=O)[O-])cc1.O=[N+]([O-])c1cnc(Cl)nc1Cl. The molecule has 18 nitrogen and oxygen atoms in total. The van der Waals surface area contributed by atoms with Gasteiger partial charge in [-0.15, -0.1) is 0 Å². The van der Waals surface area contributed by atoms with E-state index < -0.39 is 9.85 Å². The van der Waals surface area contributed by atoms with Crippen LogP contribution in [0.5, 0.6) is 11.5 Å². The summed E-state index contributed by atoms with van der Waals surface area (Å²) in [5.41, 5.74) is 6.18. The summed E-state index contributed by atoms with van der Waals surface area (Å²) < 4.78 is 20.6. The molecule has 3 N–H and O–H groups in total. The molecule has 0 saturated heterocycles. The molecule has 0 fully saturated rings. The van der Waals surface area contributed by atoms with Crippen molar-refractivity contribution in [3.8, 4) is 11.5 Å². The van der Waals surface area contributed by atoms with E-state index in [0.29, 0.717) is 69.2 Å². The zero-order valence-electron chi connectivity index (χ0n) is 28.4. The number of esters is 2. The molecule has 21 heteroatoms. The quantitative estimate of drug-likeness (QED) is 0.0208. The summed E-state index contributed by atoms with van der Waals surface area (Å²) in [4.78, 5) is 56.3. The molecule has 2 aromatic carbocycles. The predicted molar refractivity (Wildman–Crippen MR) is 202 cm³/mol. The molecule has 2 aromatic heterocycles. The highest BCUT2D eigenvalue weighted by molar-refractivity contribution is 6.33. The Balaban J connectivity index is 0.000000443. The maximum absolute atomic E-state index is 11.2. The largest absolute Gasteiger partial charge is 0.494 e. The predicted octanol–water partition coefficient (Wildman–Crippen LogP) is 7.82. The molecular weight excluding hydrogens is 775 g/mol. The highest BCUT2D eigenvalue weighted by atomic mass is 35.5. The first-order chi connectivity index (χ1) is 25.3. The molecular formula is C33H39Cl3N8O10. The number of benzene rings is 2. The van der Waals surface area contributed by atoms with Crippen LogP contribution in [0.4, 0.5) is 28.6 Å². The Morgan fingerprint density at radius 1 is 0.741 bits per heavy atom. The highest BCUT2D eigenvalue weighted by Gasteiger charge is 2.17. The van der Waals surface area contributed by atoms with E-state index in [-0.39, 0.29) is 52.3 Å². The number of hydrogen-bond donors (Lipinski definition) is 2. The summed E-state index contributed by atoms with van der Waals surface area (Å²) in [5, 5.41) is 23.5. The first-order valence-electron chi connectivity index (χ1n) is 15.6. The summed E-state index contributed by atoms with van der Waals surface area (Å²) in [6, 6.07) is 13.9. The second kappa shape index (κ2) is 25.4. The Hall–Kier alpha value is -5.59. The van der Waals surface area contributed by atoms with Crippen molar-refractivity contribution in [3.63, 3.8) is 0 Å². The minimum Gasteiger partial charge on any atom is -0.494 e. The Kier molecular flexibility index (Phi) is 21.8. The van der Waals surface area contributed by atoms with Gasteiger partial charge >= 0.3 is 23.3 Å². The van der Waals surface area contributed by atoms with Gasteiger partial charge in [-0.1, -0.05) is 19.0 Å². The Labute approximate surface area is 325 Å². The Morgan fingerprint density at radius 2 is 1.19 bits per heavy atom. The Bertz CT molecular complexity index is 1790. The normalized spacial score (nSPS) is 9.80. The summed E-state index contributed by atoms with van der Waals surface area (Å²) in [6.45, 7) is 5.22. The van der Waals surface area contributed by atoms with Gasteiger partial charge in [-0.05, 0) is 98.4 Å². The maximum Gasteiger partial charge on any atom is 0.329 e. The number of hydrogen-bond acceptors (Lipinski definition) is 16. The first-order valence-corrected chi connectivity index (χ1v) is 16.7. The number of ether oxygens (including phenoxy) is 4. The fourth-order valence-corrected chi connectivity index (χ4v) is 4.16. The monoisotopic (exact) mass is 812 g/mol. The van der Waals surface area contributed by atoms with E-state index >= 15 is 0 Å². The number of nitrogen functional groups attached to an aromatic ring is 1. The first kappa shape index (κ1) is 46.4. The molecule has 4 aromatic rings. The zero-order valence-corrected chi connectivity index (χ0v) is 30.7. The standard InChI is InChI=1S/C16H17ClN4O5.C12H17NO3.C4HCl2N3O2.CH4/c1-2-25-14(22)4-3-9-26-12-7-5-11(6-8-12)19-15-13(21(23)24)10-18-16(17)20-15;1-2-15-12(14)4-3-9-16-11-7-5-10(13)6-8-11;5-3-2(9(10)11)1-7-4(6)8-3;/h5-8,10H,2-4,9H2,1H3,(H,18,19,20);5-8H,2-4,9,13H2,1H3;1H;1H4. The van der Waals surface area contributed by atoms with Crippen LogP contribution >= 0.6 is 34.8 Å². The van der Waals surface area contributed by atoms with Crippen molar-refractivity contribution < 1.29 is 38.4 Å². The molecule has 0 aliphatic carbocycles. The molecule has 0 radical (unpaired) electrons. The number of rotatable bonds is 16. The fraction of sp³-hybridized carbons (Fsp3) is 0.333. The number of halogens is 3. The molecule has 4 rings (SSSR count). The van der Waals surface area contributed by atoms with Gasteiger partial charge in [-0.3, -0.25) is 29.8 Å². The van der Waals surface area contributed by atoms with Gasteiger partial charge in [0.1, 0.15) is 23.9 Å². The van der Waals surface area contributed by atoms with Crippen molar-refractivity contribution in [3.05, 3.63) is 96.9 Å². The lowest BCUT2D eigenvalue weighted by molar-refractivity contribution is -0.385. The third-order valence-corrected chi connectivity index (χ3v) is 6.67. The second-order valence-corrected chi connectivity index (χ2v) is 11.0. The van der Waals surface area contributed by atoms with Gasteiger partial charge < -0.3 is 30.0 Å². The van der Waals surface area contributed by atoms with E-state index in [1.54, 1.807) is 62.4 Å². The molecule has 54 heavy (non-hydrogen) atoms. The topological polar surface area (TPSA) is 247 Å². The van der Waals surface area contributed by atoms with Crippen LogP contribution in [0.2, 0.25) is 15.7 Å². The number of carbonyl (C=O) groups excluding carboxylic acids is 2. The van der Waals surface area contributed by atoms with Gasteiger partial charge in [-0.25, -0.2) is 9.97 Å². The van der Waals surface area contributed by atoms with E-state index in [9.17, 15) is 29.8 Å². The summed E-state index contributed by atoms with van der Waals surface area (Å²) in [6.07, 6.45) is 3.89. The molecule has 0 spiro atoms. The van der Waals surface area contributed by atoms with Gasteiger partial charge in [0.25, 0.3) is 0 Å². The Morgan fingerprint density at radius 3 is 1.63 bits per heavy atom. The van der Waals surface area contributed by atoms with E-state index in [4.69, 9.17) is 59.5 Å². The van der Waals surface area contributed by atoms with Gasteiger partial charge in [0.05, 0.1) is 36.3 Å². The minimum absolute atomic E-state index is 0. The molecule has 0 atom stereocenters. The van der Waals surface area contributed by atoms with Crippen LogP contribution in [-0.2, 0) is 19.1 Å². The molecule has 292 valence electrons. The zero-order chi connectivity index (χ0) is 39.2. The van der Waals surface area contributed by atoms with Crippen molar-refractivity contribution in [2.24, 2.45) is 0 Å². The molecule has 0 aliphatic rings. The number of carbonyl (C=O) groups is 2. The number of nitrogens with one attached hydrogen (secondary N) is 1. The summed E-state index contributed by atoms with van der Waals surface area (Å²) >= 11 is 16.3. The number of nitrogens with zero attached hydrogens (tertiary/aromatic N) is 6. The number of nitrogens with two attached hydrogens (primary N) is 1. The van der Waals surface area contributed by atoms with Gasteiger partial charge in [-0.2, -0.15) is 9.97 Å². The average molecular weight is 814 g/mol. The summed E-state index contributed by atoms with van der Waals surface area (Å²) in [5.74, 6) is 0.940. The van der Waals surface area contributed by atoms with E-state index in [0.717, 1.165) is 18.1 Å². The third-order valence-electron chi connectivity index (χ3n) is 6.02. The van der Waals surface area contributed by atoms with Gasteiger partial charge in [0, 0.05) is 24.2 Å². The average Bonchev–Trinajstić information content (AvgIpc) is 3.11. The lowest BCUT2D eigenvalue weighted by Crippen LogP contribution is -2.06. The van der Waals surface area contributed by atoms with Crippen LogP contribution in [0.1, 0.15) is 47.0 Å². The van der Waals surface area contributed by atoms with Crippen molar-refractivity contribution in [2.45, 2.75) is 47.0 Å². The number of anilines is 3. The lowest BCUT2D eigenvalue weighted by atomic mass is 10.3. The summed E-state index contributed by atoms with van der Waals surface area (Å²) in [7, 11) is 0. The van der Waals surface area contributed by atoms with Crippen LogP contribution in [0, 0.1) is 20.2 Å². The molecule has 2 heterocycles. The fourth-order valence-electron chi connectivity index (χ4n) is 3.65. The molecule has 0 aliphatic heterocycles. The van der Waals surface area contributed by atoms with Gasteiger partial charge in [0.2, 0.25) is 21.5 Å². The highest BCUT2D eigenvalue weighted by Crippen LogP contribution is 2.27. The van der Waals surface area contributed by atoms with Gasteiger partial charge in [0.15, 0.2) is 0 Å². The van der Waals surface area contributed by atoms with Crippen molar-refractivity contribution in [2.75, 3.05) is 37.5 Å². The van der Waals surface area contributed by atoms with E-state index in [1.165, 1.54) is 0 Å². The number of aromatic nitrogens is 4. The maximum atomic E-state index is 11.2. The van der Waals surface area contributed by atoms with Crippen LogP contribution < -0.4 is 20.5 Å². The van der Waals surface area contributed by atoms with E-state index in [1.807, 2.05) is 0 Å². The smallest absolute Gasteiger partial charge is 0.329 e. The van der Waals surface area contributed by atoms with Crippen molar-refractivity contribution in [1.29, 1.82) is 0 Å². The van der Waals surface area contributed by atoms with E-state index in [2.05, 4.69) is 25.3 Å². The van der Waals surface area contributed by atoms with Crippen LogP contribution in [0.3, 0.4) is 0 Å². The third kappa shape index (κ3) is 18.3. The number of nitro groups is 2. The van der Waals surface area contributed by atoms with Crippen LogP contribution in [0.15, 0.2) is 60.9 Å². The molecule has 0 saturated carbocycles. The molecule has 0 unspecified atom stereocenters. The molecule has 0 amide bonds. The van der Waals surface area contributed by atoms with Crippen molar-refractivity contribution in [1.82, 2.24) is 19.9 Å². The molecule has 0 bridgehead atoms. The lowest BCUT2D eigenvalue weighted by Gasteiger charge is -2.09. The van der Waals surface area contributed by atoms with Crippen LogP contribution in [0.25, 0.3) is 0 Å². The van der Waals surface area contributed by atoms with Crippen molar-refractivity contribution >= 4 is 75.3 Å². The second-order valence-electron chi connectivity index (χ2n) is 9.93.